The first kappa shape index (κ1) is 21.5. The van der Waals surface area contributed by atoms with Gasteiger partial charge >= 0.3 is 0 Å². The number of carbonyl (C=O) groups is 1. The zero-order valence-electron chi connectivity index (χ0n) is 18.0. The summed E-state index contributed by atoms with van der Waals surface area (Å²) >= 11 is 1.63. The van der Waals surface area contributed by atoms with Gasteiger partial charge in [-0.05, 0) is 42.2 Å². The van der Waals surface area contributed by atoms with Crippen molar-refractivity contribution in [3.63, 3.8) is 0 Å². The molecule has 2 aromatic carbocycles. The summed E-state index contributed by atoms with van der Waals surface area (Å²) in [7, 11) is 3.38. The first-order valence-corrected chi connectivity index (χ1v) is 11.5. The second kappa shape index (κ2) is 10.1. The van der Waals surface area contributed by atoms with Gasteiger partial charge in [0.25, 0.3) is 0 Å². The number of benzene rings is 2. The van der Waals surface area contributed by atoms with Crippen LogP contribution in [0.3, 0.4) is 0 Å². The number of aromatic nitrogens is 1. The second-order valence-corrected chi connectivity index (χ2v) is 8.70. The third-order valence-corrected chi connectivity index (χ3v) is 6.84. The Kier molecular flexibility index (Phi) is 6.99. The van der Waals surface area contributed by atoms with Crippen LogP contribution in [-0.4, -0.2) is 36.4 Å². The maximum absolute atomic E-state index is 12.1. The maximum Gasteiger partial charge on any atom is 0.137 e. The lowest BCUT2D eigenvalue weighted by Gasteiger charge is -2.35. The Hall–Kier alpha value is -2.70. The highest BCUT2D eigenvalue weighted by Gasteiger charge is 2.33. The summed E-state index contributed by atoms with van der Waals surface area (Å²) in [6.45, 7) is 0.682. The summed E-state index contributed by atoms with van der Waals surface area (Å²) in [5.74, 6) is 1.61. The minimum atomic E-state index is -0.144. The molecule has 0 radical (unpaired) electrons. The molecule has 31 heavy (non-hydrogen) atoms. The fourth-order valence-corrected chi connectivity index (χ4v) is 5.16. The molecule has 1 saturated heterocycles. The van der Waals surface area contributed by atoms with Gasteiger partial charge in [-0.1, -0.05) is 37.1 Å². The summed E-state index contributed by atoms with van der Waals surface area (Å²) in [6.07, 6.45) is 6.92. The first-order valence-electron chi connectivity index (χ1n) is 10.6. The van der Waals surface area contributed by atoms with Crippen LogP contribution in [0.5, 0.6) is 11.5 Å². The predicted molar refractivity (Wildman–Crippen MR) is 124 cm³/mol. The van der Waals surface area contributed by atoms with Crippen molar-refractivity contribution < 1.29 is 14.3 Å². The predicted octanol–water partition coefficient (Wildman–Crippen LogP) is 5.51. The largest absolute Gasteiger partial charge is 0.496 e. The quantitative estimate of drug-likeness (QED) is 0.457. The topological polar surface area (TPSA) is 51.7 Å². The summed E-state index contributed by atoms with van der Waals surface area (Å²) in [4.78, 5) is 19.8. The Morgan fingerprint density at radius 3 is 2.52 bits per heavy atom. The van der Waals surface area contributed by atoms with Crippen LogP contribution >= 0.6 is 11.3 Å². The van der Waals surface area contributed by atoms with Crippen LogP contribution in [-0.2, 0) is 11.3 Å². The summed E-state index contributed by atoms with van der Waals surface area (Å²) < 4.78 is 11.4. The molecule has 1 fully saturated rings. The van der Waals surface area contributed by atoms with Crippen LogP contribution < -0.4 is 9.47 Å². The molecule has 1 aliphatic rings. The second-order valence-electron chi connectivity index (χ2n) is 7.82. The molecule has 162 valence electrons. The molecule has 2 unspecified atom stereocenters. The van der Waals surface area contributed by atoms with Gasteiger partial charge < -0.3 is 14.3 Å². The van der Waals surface area contributed by atoms with Gasteiger partial charge in [-0.25, -0.2) is 0 Å². The molecule has 6 heteroatoms. The Labute approximate surface area is 187 Å². The van der Waals surface area contributed by atoms with Gasteiger partial charge in [0, 0.05) is 18.8 Å². The molecule has 0 aliphatic carbocycles. The van der Waals surface area contributed by atoms with E-state index in [1.54, 1.807) is 25.6 Å². The zero-order valence-corrected chi connectivity index (χ0v) is 18.8. The number of methoxy groups -OCH3 is 2. The number of nitrogens with zero attached hydrogens (tertiary/aromatic N) is 2. The van der Waals surface area contributed by atoms with Crippen molar-refractivity contribution in [1.29, 1.82) is 0 Å². The minimum absolute atomic E-state index is 0.0378. The van der Waals surface area contributed by atoms with E-state index in [4.69, 9.17) is 9.47 Å². The number of carbonyl (C=O) groups excluding carboxylic acids is 1. The van der Waals surface area contributed by atoms with Crippen molar-refractivity contribution in [2.75, 3.05) is 14.2 Å². The fourth-order valence-electron chi connectivity index (χ4n) is 4.54. The Morgan fingerprint density at radius 2 is 1.84 bits per heavy atom. The van der Waals surface area contributed by atoms with Gasteiger partial charge in [0.2, 0.25) is 0 Å². The Bertz CT molecular complexity index is 984. The monoisotopic (exact) mass is 436 g/mol. The molecule has 0 N–H and O–H groups in total. The van der Waals surface area contributed by atoms with Gasteiger partial charge in [-0.15, -0.1) is 11.3 Å². The third-order valence-electron chi connectivity index (χ3n) is 6.02. The van der Waals surface area contributed by atoms with Crippen LogP contribution in [0.15, 0.2) is 54.2 Å². The van der Waals surface area contributed by atoms with E-state index in [1.165, 1.54) is 5.56 Å². The molecular formula is C25H28N2O3S. The van der Waals surface area contributed by atoms with Crippen LogP contribution in [0, 0.1) is 0 Å². The molecular weight excluding hydrogens is 408 g/mol. The smallest absolute Gasteiger partial charge is 0.137 e. The Morgan fingerprint density at radius 1 is 1.10 bits per heavy atom. The van der Waals surface area contributed by atoms with Crippen molar-refractivity contribution in [3.05, 3.63) is 65.3 Å². The molecule has 5 nitrogen and oxygen atoms in total. The van der Waals surface area contributed by atoms with Crippen molar-refractivity contribution in [1.82, 2.24) is 9.88 Å². The van der Waals surface area contributed by atoms with Crippen LogP contribution in [0.2, 0.25) is 0 Å². The molecule has 2 atom stereocenters. The first-order chi connectivity index (χ1) is 15.2. The molecule has 1 aliphatic heterocycles. The van der Waals surface area contributed by atoms with Crippen molar-refractivity contribution >= 4 is 17.6 Å². The number of aldehydes is 1. The third kappa shape index (κ3) is 4.65. The van der Waals surface area contributed by atoms with Crippen molar-refractivity contribution in [2.45, 2.75) is 44.3 Å². The molecule has 4 rings (SSSR count). The summed E-state index contributed by atoms with van der Waals surface area (Å²) in [5.41, 5.74) is 5.21. The van der Waals surface area contributed by atoms with E-state index in [1.807, 2.05) is 29.9 Å². The maximum atomic E-state index is 12.1. The standard InChI is InChI=1S/C25H28N2O3S/c1-29-22-11-6-12-23(30-2)25(22)21-10-4-3-9-20(16-28)27(21)15-18-7-5-8-19(13-18)24-14-26-17-31-24/h5-8,11-14,16-17,20-21H,3-4,9-10,15H2,1-2H3. The zero-order chi connectivity index (χ0) is 21.6. The number of hydrogen-bond donors (Lipinski definition) is 0. The van der Waals surface area contributed by atoms with Crippen LogP contribution in [0.4, 0.5) is 0 Å². The van der Waals surface area contributed by atoms with Crippen molar-refractivity contribution in [2.24, 2.45) is 0 Å². The highest BCUT2D eigenvalue weighted by atomic mass is 32.1. The van der Waals surface area contributed by atoms with E-state index in [0.717, 1.165) is 59.5 Å². The highest BCUT2D eigenvalue weighted by molar-refractivity contribution is 7.13. The number of ether oxygens (including phenoxy) is 2. The number of thiazole rings is 1. The van der Waals surface area contributed by atoms with Crippen molar-refractivity contribution in [3.8, 4) is 21.9 Å². The number of rotatable bonds is 7. The van der Waals surface area contributed by atoms with Gasteiger partial charge in [0.1, 0.15) is 17.8 Å². The van der Waals surface area contributed by atoms with Crippen LogP contribution in [0.25, 0.3) is 10.4 Å². The van der Waals surface area contributed by atoms with E-state index in [9.17, 15) is 4.79 Å². The molecule has 0 bridgehead atoms. The van der Waals surface area contributed by atoms with E-state index in [0.29, 0.717) is 6.54 Å². The van der Waals surface area contributed by atoms with E-state index in [-0.39, 0.29) is 12.1 Å². The molecule has 0 spiro atoms. The van der Waals surface area contributed by atoms with Gasteiger partial charge in [0.05, 0.1) is 36.2 Å². The summed E-state index contributed by atoms with van der Waals surface area (Å²) in [5, 5.41) is 0. The van der Waals surface area contributed by atoms with E-state index in [2.05, 4.69) is 34.1 Å². The molecule has 0 amide bonds. The van der Waals surface area contributed by atoms with Gasteiger partial charge in [0.15, 0.2) is 0 Å². The molecule has 2 heterocycles. The number of likely N-dealkylation sites (tertiary alicyclic amines) is 1. The van der Waals surface area contributed by atoms with E-state index >= 15 is 0 Å². The van der Waals surface area contributed by atoms with E-state index < -0.39 is 0 Å². The fraction of sp³-hybridized carbons (Fsp3) is 0.360. The lowest BCUT2D eigenvalue weighted by atomic mass is 9.97. The van der Waals surface area contributed by atoms with Gasteiger partial charge in [-0.3, -0.25) is 9.88 Å². The SMILES string of the molecule is COc1cccc(OC)c1C1CCCCC(C=O)N1Cc1cccc(-c2cncs2)c1. The molecule has 0 saturated carbocycles. The number of hydrogen-bond acceptors (Lipinski definition) is 6. The molecule has 3 aromatic rings. The average Bonchev–Trinajstić information content (AvgIpc) is 3.28. The minimum Gasteiger partial charge on any atom is -0.496 e. The summed E-state index contributed by atoms with van der Waals surface area (Å²) in [6, 6.07) is 14.3. The van der Waals surface area contributed by atoms with Crippen LogP contribution in [0.1, 0.15) is 42.9 Å². The lowest BCUT2D eigenvalue weighted by molar-refractivity contribution is -0.113. The van der Waals surface area contributed by atoms with Gasteiger partial charge in [-0.2, -0.15) is 0 Å². The normalized spacial score (nSPS) is 19.5. The highest BCUT2D eigenvalue weighted by Crippen LogP contribution is 2.43. The molecule has 1 aromatic heterocycles. The Balaban J connectivity index is 1.74. The average molecular weight is 437 g/mol. The lowest BCUT2D eigenvalue weighted by Crippen LogP contribution is -2.38.